The second-order valence-electron chi connectivity index (χ2n) is 3.20. The molecule has 0 aliphatic heterocycles. The van der Waals surface area contributed by atoms with Crippen LogP contribution in [0, 0.1) is 5.82 Å². The van der Waals surface area contributed by atoms with Gasteiger partial charge in [0.1, 0.15) is 11.5 Å². The van der Waals surface area contributed by atoms with E-state index in [-0.39, 0.29) is 29.5 Å². The van der Waals surface area contributed by atoms with E-state index in [1.807, 2.05) is 0 Å². The monoisotopic (exact) mass is 221 g/mol. The van der Waals surface area contributed by atoms with Crippen molar-refractivity contribution in [3.05, 3.63) is 41.3 Å². The molecule has 1 aromatic carbocycles. The second-order valence-corrected chi connectivity index (χ2v) is 3.20. The van der Waals surface area contributed by atoms with E-state index < -0.39 is 0 Å². The molecule has 2 aromatic rings. The Bertz CT molecular complexity index is 507. The van der Waals surface area contributed by atoms with Crippen molar-refractivity contribution in [2.75, 3.05) is 5.73 Å². The van der Waals surface area contributed by atoms with Crippen LogP contribution in [0.25, 0.3) is 0 Å². The van der Waals surface area contributed by atoms with Gasteiger partial charge >= 0.3 is 0 Å². The van der Waals surface area contributed by atoms with Crippen molar-refractivity contribution in [1.29, 1.82) is 0 Å². The number of hydrogen-bond donors (Lipinski definition) is 1. The minimum absolute atomic E-state index is 0.0129. The van der Waals surface area contributed by atoms with Gasteiger partial charge in [0.25, 0.3) is 0 Å². The Hall–Kier alpha value is -2.24. The second kappa shape index (κ2) is 4.09. The third-order valence-electron chi connectivity index (χ3n) is 2.08. The summed E-state index contributed by atoms with van der Waals surface area (Å²) in [5.41, 5.74) is 6.09. The number of nitrogen functional groups attached to an aromatic ring is 1. The van der Waals surface area contributed by atoms with Crippen molar-refractivity contribution in [1.82, 2.24) is 10.3 Å². The van der Waals surface area contributed by atoms with Gasteiger partial charge in [0, 0.05) is 5.56 Å². The highest BCUT2D eigenvalue weighted by Crippen LogP contribution is 2.10. The Balaban J connectivity index is 2.15. The first-order chi connectivity index (χ1) is 7.66. The molecule has 0 bridgehead atoms. The van der Waals surface area contributed by atoms with Crippen molar-refractivity contribution in [3.8, 4) is 0 Å². The maximum Gasteiger partial charge on any atom is 0.191 e. The lowest BCUT2D eigenvalue weighted by Gasteiger charge is -1.98. The lowest BCUT2D eigenvalue weighted by Crippen LogP contribution is -2.05. The van der Waals surface area contributed by atoms with Crippen molar-refractivity contribution >= 4 is 11.6 Å². The Kier molecular flexibility index (Phi) is 2.63. The normalized spacial score (nSPS) is 10.3. The highest BCUT2D eigenvalue weighted by atomic mass is 19.1. The third-order valence-corrected chi connectivity index (χ3v) is 2.08. The number of ketones is 1. The number of nitrogens with two attached hydrogens (primary N) is 1. The molecule has 5 nitrogen and oxygen atoms in total. The van der Waals surface area contributed by atoms with Gasteiger partial charge in [-0.15, -0.1) is 0 Å². The molecule has 0 radical (unpaired) electrons. The van der Waals surface area contributed by atoms with Gasteiger partial charge < -0.3 is 5.73 Å². The predicted molar refractivity (Wildman–Crippen MR) is 53.1 cm³/mol. The van der Waals surface area contributed by atoms with Crippen LogP contribution in [-0.2, 0) is 6.42 Å². The fraction of sp³-hybridized carbons (Fsp3) is 0.100. The zero-order valence-electron chi connectivity index (χ0n) is 8.18. The first-order valence-corrected chi connectivity index (χ1v) is 4.52. The molecule has 0 saturated carbocycles. The lowest BCUT2D eigenvalue weighted by atomic mass is 10.1. The van der Waals surface area contributed by atoms with Crippen molar-refractivity contribution in [3.63, 3.8) is 0 Å². The largest absolute Gasteiger partial charge is 0.379 e. The van der Waals surface area contributed by atoms with Gasteiger partial charge in [-0.3, -0.25) is 4.79 Å². The molecule has 0 unspecified atom stereocenters. The number of nitrogens with zero attached hydrogens (tertiary/aromatic N) is 2. The molecule has 0 amide bonds. The fourth-order valence-corrected chi connectivity index (χ4v) is 1.23. The fourth-order valence-electron chi connectivity index (χ4n) is 1.23. The number of hydrogen-bond acceptors (Lipinski definition) is 5. The van der Waals surface area contributed by atoms with Crippen LogP contribution >= 0.6 is 0 Å². The van der Waals surface area contributed by atoms with E-state index >= 15 is 0 Å². The molecular formula is C10H8FN3O2. The maximum absolute atomic E-state index is 12.6. The third kappa shape index (κ3) is 2.05. The molecule has 1 heterocycles. The van der Waals surface area contributed by atoms with Gasteiger partial charge in [0.2, 0.25) is 0 Å². The summed E-state index contributed by atoms with van der Waals surface area (Å²) in [5.74, 6) is -0.517. The molecular weight excluding hydrogens is 213 g/mol. The number of carbonyl (C=O) groups is 1. The summed E-state index contributed by atoms with van der Waals surface area (Å²) in [4.78, 5) is 11.7. The molecule has 0 fully saturated rings. The topological polar surface area (TPSA) is 82.0 Å². The number of anilines is 1. The van der Waals surface area contributed by atoms with E-state index in [1.165, 1.54) is 24.3 Å². The summed E-state index contributed by atoms with van der Waals surface area (Å²) in [6.45, 7) is 0. The zero-order valence-corrected chi connectivity index (χ0v) is 8.18. The Morgan fingerprint density at radius 2 is 2.00 bits per heavy atom. The number of halogens is 1. The van der Waals surface area contributed by atoms with E-state index in [4.69, 9.17) is 5.73 Å². The maximum atomic E-state index is 12.6. The summed E-state index contributed by atoms with van der Waals surface area (Å²) >= 11 is 0. The van der Waals surface area contributed by atoms with Gasteiger partial charge in [-0.25, -0.2) is 9.02 Å². The van der Waals surface area contributed by atoms with Gasteiger partial charge in [-0.1, -0.05) is 5.16 Å². The van der Waals surface area contributed by atoms with Crippen LogP contribution in [0.2, 0.25) is 0 Å². The number of benzene rings is 1. The predicted octanol–water partition coefficient (Wildman–Crippen LogP) is 1.22. The average molecular weight is 221 g/mol. The van der Waals surface area contributed by atoms with E-state index in [9.17, 15) is 9.18 Å². The Labute approximate surface area is 90.0 Å². The molecule has 0 spiro atoms. The van der Waals surface area contributed by atoms with Crippen LogP contribution in [-0.4, -0.2) is 16.1 Å². The molecule has 82 valence electrons. The SMILES string of the molecule is Nc1nonc1CC(=O)c1ccc(F)cc1. The molecule has 0 atom stereocenters. The summed E-state index contributed by atoms with van der Waals surface area (Å²) < 4.78 is 17.0. The van der Waals surface area contributed by atoms with Crippen molar-refractivity contribution in [2.24, 2.45) is 0 Å². The van der Waals surface area contributed by atoms with Crippen LogP contribution in [0.15, 0.2) is 28.9 Å². The van der Waals surface area contributed by atoms with Gasteiger partial charge in [0.15, 0.2) is 11.6 Å². The summed E-state index contributed by atoms with van der Waals surface area (Å²) in [6, 6.07) is 5.25. The average Bonchev–Trinajstić information content (AvgIpc) is 2.65. The first kappa shape index (κ1) is 10.3. The minimum atomic E-state index is -0.390. The number of carbonyl (C=O) groups excluding carboxylic acids is 1. The van der Waals surface area contributed by atoms with Crippen LogP contribution in [0.3, 0.4) is 0 Å². The zero-order chi connectivity index (χ0) is 11.5. The summed E-state index contributed by atoms with van der Waals surface area (Å²) in [7, 11) is 0. The van der Waals surface area contributed by atoms with Gasteiger partial charge in [0.05, 0.1) is 6.42 Å². The van der Waals surface area contributed by atoms with E-state index in [2.05, 4.69) is 14.9 Å². The molecule has 0 aliphatic carbocycles. The Morgan fingerprint density at radius 3 is 2.56 bits per heavy atom. The van der Waals surface area contributed by atoms with Crippen LogP contribution < -0.4 is 5.73 Å². The van der Waals surface area contributed by atoms with Crippen molar-refractivity contribution < 1.29 is 13.8 Å². The van der Waals surface area contributed by atoms with Gasteiger partial charge in [-0.05, 0) is 29.4 Å². The van der Waals surface area contributed by atoms with Crippen LogP contribution in [0.5, 0.6) is 0 Å². The number of aromatic nitrogens is 2. The molecule has 2 N–H and O–H groups in total. The first-order valence-electron chi connectivity index (χ1n) is 4.52. The molecule has 2 rings (SSSR count). The van der Waals surface area contributed by atoms with Gasteiger partial charge in [-0.2, -0.15) is 0 Å². The lowest BCUT2D eigenvalue weighted by molar-refractivity contribution is 0.0990. The van der Waals surface area contributed by atoms with Crippen LogP contribution in [0.1, 0.15) is 16.1 Å². The van der Waals surface area contributed by atoms with Crippen molar-refractivity contribution in [2.45, 2.75) is 6.42 Å². The van der Waals surface area contributed by atoms with E-state index in [1.54, 1.807) is 0 Å². The molecule has 0 saturated heterocycles. The highest BCUT2D eigenvalue weighted by Gasteiger charge is 2.13. The number of rotatable bonds is 3. The molecule has 0 aliphatic rings. The molecule has 16 heavy (non-hydrogen) atoms. The minimum Gasteiger partial charge on any atom is -0.379 e. The molecule has 1 aromatic heterocycles. The quantitative estimate of drug-likeness (QED) is 0.788. The smallest absolute Gasteiger partial charge is 0.191 e. The Morgan fingerprint density at radius 1 is 1.31 bits per heavy atom. The summed E-state index contributed by atoms with van der Waals surface area (Å²) in [6.07, 6.45) is -0.0129. The highest BCUT2D eigenvalue weighted by molar-refractivity contribution is 5.97. The number of Topliss-reactive ketones (excluding diaryl/α,β-unsaturated/α-hetero) is 1. The van der Waals surface area contributed by atoms with Crippen LogP contribution in [0.4, 0.5) is 10.2 Å². The molecule has 6 heteroatoms. The summed E-state index contributed by atoms with van der Waals surface area (Å²) in [5, 5.41) is 6.85. The van der Waals surface area contributed by atoms with E-state index in [0.29, 0.717) is 5.56 Å². The van der Waals surface area contributed by atoms with E-state index in [0.717, 1.165) is 0 Å². The standard InChI is InChI=1S/C10H8FN3O2/c11-7-3-1-6(2-4-7)9(15)5-8-10(12)14-16-13-8/h1-4H,5H2,(H2,12,14).